The van der Waals surface area contributed by atoms with E-state index in [1.54, 1.807) is 12.3 Å². The number of hydrogen-bond donors (Lipinski definition) is 1. The van der Waals surface area contributed by atoms with Crippen molar-refractivity contribution < 1.29 is 9.21 Å². The SMILES string of the molecule is O=C(c1ccoc1)N1CCC2NCCC21. The highest BCUT2D eigenvalue weighted by Crippen LogP contribution is 2.26. The first-order valence-corrected chi connectivity index (χ1v) is 5.43. The van der Waals surface area contributed by atoms with E-state index in [1.165, 1.54) is 6.26 Å². The van der Waals surface area contributed by atoms with E-state index in [9.17, 15) is 4.79 Å². The van der Waals surface area contributed by atoms with Gasteiger partial charge in [-0.25, -0.2) is 0 Å². The molecule has 1 aromatic heterocycles. The molecule has 0 saturated carbocycles. The normalized spacial score (nSPS) is 29.5. The fraction of sp³-hybridized carbons (Fsp3) is 0.545. The quantitative estimate of drug-likeness (QED) is 0.741. The molecule has 2 fully saturated rings. The Morgan fingerprint density at radius 2 is 2.47 bits per heavy atom. The first-order chi connectivity index (χ1) is 7.36. The second kappa shape index (κ2) is 3.38. The van der Waals surface area contributed by atoms with Gasteiger partial charge in [0.15, 0.2) is 0 Å². The zero-order valence-corrected chi connectivity index (χ0v) is 8.48. The monoisotopic (exact) mass is 206 g/mol. The van der Waals surface area contributed by atoms with Crippen molar-refractivity contribution >= 4 is 5.91 Å². The smallest absolute Gasteiger partial charge is 0.257 e. The number of hydrogen-bond acceptors (Lipinski definition) is 3. The third-order valence-corrected chi connectivity index (χ3v) is 3.42. The summed E-state index contributed by atoms with van der Waals surface area (Å²) in [7, 11) is 0. The van der Waals surface area contributed by atoms with Crippen molar-refractivity contribution in [3.63, 3.8) is 0 Å². The van der Waals surface area contributed by atoms with Gasteiger partial charge in [0.25, 0.3) is 5.91 Å². The van der Waals surface area contributed by atoms with Crippen molar-refractivity contribution in [2.75, 3.05) is 13.1 Å². The van der Waals surface area contributed by atoms with Gasteiger partial charge in [0, 0.05) is 18.6 Å². The lowest BCUT2D eigenvalue weighted by atomic mass is 10.1. The molecule has 4 nitrogen and oxygen atoms in total. The topological polar surface area (TPSA) is 45.5 Å². The molecule has 0 spiro atoms. The third kappa shape index (κ3) is 1.36. The molecule has 0 bridgehead atoms. The van der Waals surface area contributed by atoms with Gasteiger partial charge in [-0.15, -0.1) is 0 Å². The second-order valence-corrected chi connectivity index (χ2v) is 4.22. The number of carbonyl (C=O) groups is 1. The van der Waals surface area contributed by atoms with Gasteiger partial charge in [-0.2, -0.15) is 0 Å². The van der Waals surface area contributed by atoms with E-state index in [0.29, 0.717) is 17.6 Å². The minimum atomic E-state index is 0.111. The van der Waals surface area contributed by atoms with Gasteiger partial charge in [-0.05, 0) is 25.5 Å². The summed E-state index contributed by atoms with van der Waals surface area (Å²) < 4.78 is 4.94. The fourth-order valence-corrected chi connectivity index (χ4v) is 2.67. The van der Waals surface area contributed by atoms with Gasteiger partial charge in [-0.1, -0.05) is 0 Å². The van der Waals surface area contributed by atoms with Crippen LogP contribution in [0, 0.1) is 0 Å². The lowest BCUT2D eigenvalue weighted by Gasteiger charge is -2.22. The Labute approximate surface area is 88.2 Å². The number of fused-ring (bicyclic) bond motifs is 1. The van der Waals surface area contributed by atoms with Crippen LogP contribution in [0.25, 0.3) is 0 Å². The largest absolute Gasteiger partial charge is 0.472 e. The molecule has 3 rings (SSSR count). The number of rotatable bonds is 1. The highest BCUT2D eigenvalue weighted by atomic mass is 16.3. The summed E-state index contributed by atoms with van der Waals surface area (Å²) >= 11 is 0. The molecule has 15 heavy (non-hydrogen) atoms. The maximum atomic E-state index is 12.1. The van der Waals surface area contributed by atoms with Gasteiger partial charge in [0.1, 0.15) is 6.26 Å². The van der Waals surface area contributed by atoms with Crippen LogP contribution in [0.2, 0.25) is 0 Å². The molecule has 2 saturated heterocycles. The van der Waals surface area contributed by atoms with Crippen molar-refractivity contribution in [1.82, 2.24) is 10.2 Å². The lowest BCUT2D eigenvalue weighted by molar-refractivity contribution is 0.0736. The summed E-state index contributed by atoms with van der Waals surface area (Å²) in [5, 5.41) is 3.43. The maximum absolute atomic E-state index is 12.1. The Bertz CT molecular complexity index is 361. The van der Waals surface area contributed by atoms with Crippen LogP contribution in [-0.2, 0) is 0 Å². The summed E-state index contributed by atoms with van der Waals surface area (Å²) in [6.07, 6.45) is 5.23. The van der Waals surface area contributed by atoms with Crippen LogP contribution in [0.5, 0.6) is 0 Å². The number of amides is 1. The summed E-state index contributed by atoms with van der Waals surface area (Å²) in [6.45, 7) is 1.90. The number of likely N-dealkylation sites (tertiary alicyclic amines) is 1. The molecular formula is C11H14N2O2. The predicted octanol–water partition coefficient (Wildman–Crippen LogP) is 0.856. The van der Waals surface area contributed by atoms with Gasteiger partial charge >= 0.3 is 0 Å². The summed E-state index contributed by atoms with van der Waals surface area (Å²) in [4.78, 5) is 14.1. The van der Waals surface area contributed by atoms with Crippen molar-refractivity contribution in [2.45, 2.75) is 24.9 Å². The molecule has 2 atom stereocenters. The number of nitrogens with one attached hydrogen (secondary N) is 1. The minimum absolute atomic E-state index is 0.111. The van der Waals surface area contributed by atoms with Crippen LogP contribution in [0.1, 0.15) is 23.2 Å². The van der Waals surface area contributed by atoms with Crippen LogP contribution in [0.15, 0.2) is 23.0 Å². The summed E-state index contributed by atoms with van der Waals surface area (Å²) in [5.41, 5.74) is 0.669. The van der Waals surface area contributed by atoms with Crippen LogP contribution < -0.4 is 5.32 Å². The molecule has 0 aromatic carbocycles. The third-order valence-electron chi connectivity index (χ3n) is 3.42. The van der Waals surface area contributed by atoms with Crippen molar-refractivity contribution in [3.8, 4) is 0 Å². The van der Waals surface area contributed by atoms with Gasteiger partial charge in [-0.3, -0.25) is 4.79 Å². The fourth-order valence-electron chi connectivity index (χ4n) is 2.67. The molecule has 0 aliphatic carbocycles. The molecule has 80 valence electrons. The molecule has 1 amide bonds. The maximum Gasteiger partial charge on any atom is 0.257 e. The first-order valence-electron chi connectivity index (χ1n) is 5.43. The van der Waals surface area contributed by atoms with E-state index < -0.39 is 0 Å². The van der Waals surface area contributed by atoms with Crippen LogP contribution in [0.3, 0.4) is 0 Å². The number of carbonyl (C=O) groups excluding carboxylic acids is 1. The first kappa shape index (κ1) is 8.97. The van der Waals surface area contributed by atoms with Crippen molar-refractivity contribution in [2.24, 2.45) is 0 Å². The number of nitrogens with zero attached hydrogens (tertiary/aromatic N) is 1. The second-order valence-electron chi connectivity index (χ2n) is 4.22. The molecular weight excluding hydrogens is 192 g/mol. The molecule has 0 radical (unpaired) electrons. The Hall–Kier alpha value is -1.29. The molecule has 3 heterocycles. The van der Waals surface area contributed by atoms with Crippen molar-refractivity contribution in [3.05, 3.63) is 24.2 Å². The zero-order valence-electron chi connectivity index (χ0n) is 8.48. The average Bonchev–Trinajstić information content (AvgIpc) is 2.94. The van der Waals surface area contributed by atoms with Crippen LogP contribution in [-0.4, -0.2) is 36.0 Å². The standard InChI is InChI=1S/C11H14N2O2/c14-11(8-3-6-15-7-8)13-5-2-9-10(13)1-4-12-9/h3,6-7,9-10,12H,1-2,4-5H2. The Balaban J connectivity index is 1.80. The molecule has 2 aliphatic heterocycles. The van der Waals surface area contributed by atoms with E-state index in [4.69, 9.17) is 4.42 Å². The molecule has 2 aliphatic rings. The molecule has 1 aromatic rings. The van der Waals surface area contributed by atoms with Crippen LogP contribution in [0.4, 0.5) is 0 Å². The average molecular weight is 206 g/mol. The zero-order chi connectivity index (χ0) is 10.3. The highest BCUT2D eigenvalue weighted by Gasteiger charge is 2.40. The number of furan rings is 1. The highest BCUT2D eigenvalue weighted by molar-refractivity contribution is 5.94. The van der Waals surface area contributed by atoms with E-state index in [0.717, 1.165) is 25.9 Å². The van der Waals surface area contributed by atoms with E-state index >= 15 is 0 Å². The minimum Gasteiger partial charge on any atom is -0.472 e. The Morgan fingerprint density at radius 3 is 3.27 bits per heavy atom. The summed E-state index contributed by atoms with van der Waals surface area (Å²) in [5.74, 6) is 0.111. The van der Waals surface area contributed by atoms with Crippen molar-refractivity contribution in [1.29, 1.82) is 0 Å². The predicted molar refractivity (Wildman–Crippen MR) is 54.6 cm³/mol. The Kier molecular flexibility index (Phi) is 2.02. The van der Waals surface area contributed by atoms with E-state index in [-0.39, 0.29) is 5.91 Å². The Morgan fingerprint density at radius 1 is 1.53 bits per heavy atom. The molecule has 1 N–H and O–H groups in total. The summed E-state index contributed by atoms with van der Waals surface area (Å²) in [6, 6.07) is 2.64. The van der Waals surface area contributed by atoms with Gasteiger partial charge in [0.05, 0.1) is 11.8 Å². The molecule has 2 unspecified atom stereocenters. The van der Waals surface area contributed by atoms with Gasteiger partial charge in [0.2, 0.25) is 0 Å². The van der Waals surface area contributed by atoms with Gasteiger partial charge < -0.3 is 14.6 Å². The lowest BCUT2D eigenvalue weighted by Crippen LogP contribution is -2.38. The van der Waals surface area contributed by atoms with Crippen LogP contribution >= 0.6 is 0 Å². The van der Waals surface area contributed by atoms with E-state index in [2.05, 4.69) is 5.32 Å². The van der Waals surface area contributed by atoms with E-state index in [1.807, 2.05) is 4.90 Å². The molecule has 4 heteroatoms.